The van der Waals surface area contributed by atoms with Crippen molar-refractivity contribution in [3.05, 3.63) is 35.4 Å². The standard InChI is InChI=1S/C14H17NO3S/c16-14(13-6-8-19(17,18)10-13)15-7-5-11-3-1-2-4-12(11)9-15/h1-4,13H,5-10H2/t13-/m1/s1. The van der Waals surface area contributed by atoms with E-state index in [9.17, 15) is 13.2 Å². The minimum absolute atomic E-state index is 0.00979. The van der Waals surface area contributed by atoms with Crippen LogP contribution in [0, 0.1) is 5.92 Å². The zero-order chi connectivity index (χ0) is 13.5. The number of carbonyl (C=O) groups excluding carboxylic acids is 1. The lowest BCUT2D eigenvalue weighted by Crippen LogP contribution is -2.40. The smallest absolute Gasteiger partial charge is 0.227 e. The van der Waals surface area contributed by atoms with Crippen LogP contribution in [0.4, 0.5) is 0 Å². The van der Waals surface area contributed by atoms with Gasteiger partial charge in [-0.2, -0.15) is 0 Å². The highest BCUT2D eigenvalue weighted by Crippen LogP contribution is 2.24. The number of nitrogens with zero attached hydrogens (tertiary/aromatic N) is 1. The lowest BCUT2D eigenvalue weighted by molar-refractivity contribution is -0.135. The molecule has 0 radical (unpaired) electrons. The second kappa shape index (κ2) is 4.63. The number of hydrogen-bond acceptors (Lipinski definition) is 3. The molecule has 0 saturated carbocycles. The molecule has 1 aromatic rings. The highest BCUT2D eigenvalue weighted by atomic mass is 32.2. The first-order valence-corrected chi connectivity index (χ1v) is 8.43. The maximum Gasteiger partial charge on any atom is 0.227 e. The van der Waals surface area contributed by atoms with Crippen LogP contribution in [0.2, 0.25) is 0 Å². The number of sulfone groups is 1. The molecule has 1 amide bonds. The van der Waals surface area contributed by atoms with Crippen molar-refractivity contribution in [1.82, 2.24) is 4.90 Å². The average molecular weight is 279 g/mol. The van der Waals surface area contributed by atoms with Crippen LogP contribution in [0.1, 0.15) is 17.5 Å². The van der Waals surface area contributed by atoms with Crippen LogP contribution < -0.4 is 0 Å². The van der Waals surface area contributed by atoms with Crippen molar-refractivity contribution in [2.24, 2.45) is 5.92 Å². The molecule has 1 atom stereocenters. The van der Waals surface area contributed by atoms with Crippen molar-refractivity contribution in [3.8, 4) is 0 Å². The third kappa shape index (κ3) is 2.52. The summed E-state index contributed by atoms with van der Waals surface area (Å²) in [5.74, 6) is -0.122. The van der Waals surface area contributed by atoms with E-state index in [-0.39, 0.29) is 23.3 Å². The van der Waals surface area contributed by atoms with Crippen LogP contribution in [0.5, 0.6) is 0 Å². The Bertz CT molecular complexity index is 609. The van der Waals surface area contributed by atoms with E-state index in [1.807, 2.05) is 23.1 Å². The minimum atomic E-state index is -2.99. The van der Waals surface area contributed by atoms with Gasteiger partial charge >= 0.3 is 0 Å². The molecule has 19 heavy (non-hydrogen) atoms. The summed E-state index contributed by atoms with van der Waals surface area (Å²) in [6, 6.07) is 8.13. The summed E-state index contributed by atoms with van der Waals surface area (Å²) in [6.45, 7) is 1.32. The first kappa shape index (κ1) is 12.7. The van der Waals surface area contributed by atoms with Gasteiger partial charge in [-0.3, -0.25) is 4.79 Å². The minimum Gasteiger partial charge on any atom is -0.338 e. The average Bonchev–Trinajstić information content (AvgIpc) is 2.78. The van der Waals surface area contributed by atoms with Crippen molar-refractivity contribution in [1.29, 1.82) is 0 Å². The molecule has 4 nitrogen and oxygen atoms in total. The van der Waals surface area contributed by atoms with Gasteiger partial charge in [-0.15, -0.1) is 0 Å². The van der Waals surface area contributed by atoms with Crippen LogP contribution in [0.15, 0.2) is 24.3 Å². The Balaban J connectivity index is 1.73. The third-order valence-electron chi connectivity index (χ3n) is 4.02. The van der Waals surface area contributed by atoms with E-state index in [1.54, 1.807) is 0 Å². The van der Waals surface area contributed by atoms with Gasteiger partial charge in [-0.1, -0.05) is 24.3 Å². The third-order valence-corrected chi connectivity index (χ3v) is 5.79. The SMILES string of the molecule is O=C([C@@H]1CCS(=O)(=O)C1)N1CCc2ccccc2C1. The molecule has 2 aliphatic heterocycles. The largest absolute Gasteiger partial charge is 0.338 e. The number of benzene rings is 1. The molecule has 0 aromatic heterocycles. The van der Waals surface area contributed by atoms with E-state index >= 15 is 0 Å². The number of carbonyl (C=O) groups is 1. The molecule has 0 spiro atoms. The van der Waals surface area contributed by atoms with Gasteiger partial charge in [0.2, 0.25) is 5.91 Å². The summed E-state index contributed by atoms with van der Waals surface area (Å²) >= 11 is 0. The van der Waals surface area contributed by atoms with Gasteiger partial charge in [0.1, 0.15) is 0 Å². The van der Waals surface area contributed by atoms with Gasteiger partial charge in [0.25, 0.3) is 0 Å². The van der Waals surface area contributed by atoms with Gasteiger partial charge in [-0.05, 0) is 24.0 Å². The van der Waals surface area contributed by atoms with E-state index in [0.29, 0.717) is 19.5 Å². The Morgan fingerprint density at radius 3 is 2.63 bits per heavy atom. The van der Waals surface area contributed by atoms with Crippen molar-refractivity contribution >= 4 is 15.7 Å². The molecule has 0 aliphatic carbocycles. The topological polar surface area (TPSA) is 54.5 Å². The predicted octanol–water partition coefficient (Wildman–Crippen LogP) is 1.01. The predicted molar refractivity (Wildman–Crippen MR) is 72.3 cm³/mol. The molecule has 0 N–H and O–H groups in total. The molecule has 2 heterocycles. The Hall–Kier alpha value is -1.36. The van der Waals surface area contributed by atoms with E-state index in [1.165, 1.54) is 11.1 Å². The number of amides is 1. The molecule has 1 saturated heterocycles. The second-order valence-electron chi connectivity index (χ2n) is 5.38. The number of rotatable bonds is 1. The Kier molecular flexibility index (Phi) is 3.09. The van der Waals surface area contributed by atoms with Gasteiger partial charge in [-0.25, -0.2) is 8.42 Å². The quantitative estimate of drug-likeness (QED) is 0.771. The number of fused-ring (bicyclic) bond motifs is 1. The Morgan fingerprint density at radius 2 is 1.95 bits per heavy atom. The Labute approximate surface area is 113 Å². The molecular formula is C14H17NO3S. The lowest BCUT2D eigenvalue weighted by Gasteiger charge is -2.30. The zero-order valence-corrected chi connectivity index (χ0v) is 11.5. The maximum atomic E-state index is 12.4. The fourth-order valence-electron chi connectivity index (χ4n) is 2.93. The van der Waals surface area contributed by atoms with Crippen molar-refractivity contribution in [3.63, 3.8) is 0 Å². The molecule has 5 heteroatoms. The molecule has 2 aliphatic rings. The summed E-state index contributed by atoms with van der Waals surface area (Å²) in [7, 11) is -2.99. The van der Waals surface area contributed by atoms with E-state index < -0.39 is 9.84 Å². The van der Waals surface area contributed by atoms with Gasteiger partial charge in [0.05, 0.1) is 17.4 Å². The van der Waals surface area contributed by atoms with Gasteiger partial charge in [0.15, 0.2) is 9.84 Å². The van der Waals surface area contributed by atoms with Gasteiger partial charge in [0, 0.05) is 13.1 Å². The monoisotopic (exact) mass is 279 g/mol. The van der Waals surface area contributed by atoms with Crippen LogP contribution in [0.25, 0.3) is 0 Å². The summed E-state index contributed by atoms with van der Waals surface area (Å²) in [4.78, 5) is 14.2. The maximum absolute atomic E-state index is 12.4. The first-order chi connectivity index (χ1) is 9.05. The molecule has 102 valence electrons. The Morgan fingerprint density at radius 1 is 1.21 bits per heavy atom. The van der Waals surface area contributed by atoms with E-state index in [4.69, 9.17) is 0 Å². The van der Waals surface area contributed by atoms with Crippen LogP contribution in [-0.4, -0.2) is 37.3 Å². The zero-order valence-electron chi connectivity index (χ0n) is 10.7. The first-order valence-electron chi connectivity index (χ1n) is 6.61. The van der Waals surface area contributed by atoms with E-state index in [0.717, 1.165) is 6.42 Å². The van der Waals surface area contributed by atoms with Gasteiger partial charge < -0.3 is 4.90 Å². The summed E-state index contributed by atoms with van der Waals surface area (Å²) in [5.41, 5.74) is 2.48. The fraction of sp³-hybridized carbons (Fsp3) is 0.500. The van der Waals surface area contributed by atoms with E-state index in [2.05, 4.69) is 6.07 Å². The molecule has 1 aromatic carbocycles. The molecule has 1 fully saturated rings. The summed E-state index contributed by atoms with van der Waals surface area (Å²) in [6.07, 6.45) is 1.35. The highest BCUT2D eigenvalue weighted by molar-refractivity contribution is 7.91. The molecular weight excluding hydrogens is 262 g/mol. The van der Waals surface area contributed by atoms with Crippen molar-refractivity contribution in [2.75, 3.05) is 18.1 Å². The second-order valence-corrected chi connectivity index (χ2v) is 7.61. The number of hydrogen-bond donors (Lipinski definition) is 0. The highest BCUT2D eigenvalue weighted by Gasteiger charge is 2.36. The fourth-order valence-corrected chi connectivity index (χ4v) is 4.66. The summed E-state index contributed by atoms with van der Waals surface area (Å²) in [5, 5.41) is 0. The molecule has 0 bridgehead atoms. The molecule has 0 unspecified atom stereocenters. The van der Waals surface area contributed by atoms with Crippen LogP contribution in [-0.2, 0) is 27.6 Å². The van der Waals surface area contributed by atoms with Crippen molar-refractivity contribution < 1.29 is 13.2 Å². The lowest BCUT2D eigenvalue weighted by atomic mass is 9.98. The molecule has 3 rings (SSSR count). The van der Waals surface area contributed by atoms with Crippen LogP contribution >= 0.6 is 0 Å². The summed E-state index contributed by atoms with van der Waals surface area (Å²) < 4.78 is 22.9. The van der Waals surface area contributed by atoms with Crippen LogP contribution in [0.3, 0.4) is 0 Å². The normalized spacial score (nSPS) is 25.1. The van der Waals surface area contributed by atoms with Crippen molar-refractivity contribution in [2.45, 2.75) is 19.4 Å².